The number of carbonyl (C=O) groups is 1. The maximum Gasteiger partial charge on any atom is 0.387 e. The number of amides is 1. The summed E-state index contributed by atoms with van der Waals surface area (Å²) >= 11 is 0. The van der Waals surface area contributed by atoms with Gasteiger partial charge in [-0.2, -0.15) is 8.78 Å². The summed E-state index contributed by atoms with van der Waals surface area (Å²) in [5.74, 6) is -1.46. The van der Waals surface area contributed by atoms with Crippen LogP contribution in [0.1, 0.15) is 30.1 Å². The molecule has 2 rings (SSSR count). The molecule has 0 bridgehead atoms. The number of ether oxygens (including phenoxy) is 1. The van der Waals surface area contributed by atoms with E-state index in [0.29, 0.717) is 13.1 Å². The maximum atomic E-state index is 13.2. The van der Waals surface area contributed by atoms with E-state index in [1.807, 2.05) is 6.92 Å². The number of halogens is 4. The smallest absolute Gasteiger partial charge is 0.387 e. The first-order valence-electron chi connectivity index (χ1n) is 7.17. The van der Waals surface area contributed by atoms with Crippen molar-refractivity contribution in [2.24, 2.45) is 11.7 Å². The average molecular weight is 353 g/mol. The predicted octanol–water partition coefficient (Wildman–Crippen LogP) is 3.05. The van der Waals surface area contributed by atoms with Crippen LogP contribution in [0.2, 0.25) is 0 Å². The van der Waals surface area contributed by atoms with Crippen LogP contribution >= 0.6 is 12.4 Å². The average Bonchev–Trinajstić information content (AvgIpc) is 2.46. The summed E-state index contributed by atoms with van der Waals surface area (Å²) in [5.41, 5.74) is 5.81. The van der Waals surface area contributed by atoms with Gasteiger partial charge in [-0.3, -0.25) is 4.79 Å². The minimum Gasteiger partial charge on any atom is -0.434 e. The summed E-state index contributed by atoms with van der Waals surface area (Å²) in [5, 5.41) is 0. The molecule has 23 heavy (non-hydrogen) atoms. The second-order valence-electron chi connectivity index (χ2n) is 5.53. The molecular formula is C15H20ClF3N2O2. The lowest BCUT2D eigenvalue weighted by atomic mass is 9.92. The Morgan fingerprint density at radius 2 is 2.13 bits per heavy atom. The molecule has 1 aliphatic heterocycles. The largest absolute Gasteiger partial charge is 0.434 e. The standard InChI is InChI=1S/C15H19F3N2O2.ClH/c1-9(19)10-3-2-6-20(8-10)14(21)12-5-4-11(16)7-13(12)22-15(17)18;/h4-5,7,9-10,15H,2-3,6,8,19H2,1H3;1H. The third-order valence-corrected chi connectivity index (χ3v) is 3.88. The van der Waals surface area contributed by atoms with Crippen LogP contribution in [0.4, 0.5) is 13.2 Å². The summed E-state index contributed by atoms with van der Waals surface area (Å²) in [6, 6.07) is 2.97. The summed E-state index contributed by atoms with van der Waals surface area (Å²) < 4.78 is 42.3. The fourth-order valence-electron chi connectivity index (χ4n) is 2.66. The van der Waals surface area contributed by atoms with Crippen LogP contribution in [0.25, 0.3) is 0 Å². The van der Waals surface area contributed by atoms with Crippen molar-refractivity contribution in [3.63, 3.8) is 0 Å². The van der Waals surface area contributed by atoms with E-state index in [-0.39, 0.29) is 29.9 Å². The highest BCUT2D eigenvalue weighted by Gasteiger charge is 2.28. The second kappa shape index (κ2) is 8.40. The monoisotopic (exact) mass is 352 g/mol. The van der Waals surface area contributed by atoms with Crippen LogP contribution in [0.15, 0.2) is 18.2 Å². The highest BCUT2D eigenvalue weighted by molar-refractivity contribution is 5.97. The van der Waals surface area contributed by atoms with Crippen LogP contribution in [0, 0.1) is 11.7 Å². The highest BCUT2D eigenvalue weighted by atomic mass is 35.5. The molecule has 0 spiro atoms. The van der Waals surface area contributed by atoms with Crippen LogP contribution in [0.5, 0.6) is 5.75 Å². The molecule has 1 aromatic carbocycles. The Kier molecular flexibility index (Phi) is 7.15. The number of likely N-dealkylation sites (tertiary alicyclic amines) is 1. The van der Waals surface area contributed by atoms with E-state index in [2.05, 4.69) is 4.74 Å². The lowest BCUT2D eigenvalue weighted by molar-refractivity contribution is -0.0504. The molecule has 2 atom stereocenters. The van der Waals surface area contributed by atoms with Gasteiger partial charge in [-0.25, -0.2) is 4.39 Å². The molecular weight excluding hydrogens is 333 g/mol. The Hall–Kier alpha value is -1.47. The van der Waals surface area contributed by atoms with E-state index < -0.39 is 24.1 Å². The van der Waals surface area contributed by atoms with Gasteiger partial charge in [0.15, 0.2) is 0 Å². The van der Waals surface area contributed by atoms with Gasteiger partial charge < -0.3 is 15.4 Å². The number of hydrogen-bond donors (Lipinski definition) is 1. The Morgan fingerprint density at radius 3 is 2.74 bits per heavy atom. The molecule has 2 N–H and O–H groups in total. The SMILES string of the molecule is CC(N)C1CCCN(C(=O)c2ccc(F)cc2OC(F)F)C1.Cl. The van der Waals surface area contributed by atoms with Crippen molar-refractivity contribution >= 4 is 18.3 Å². The van der Waals surface area contributed by atoms with Gasteiger partial charge in [-0.05, 0) is 37.8 Å². The van der Waals surface area contributed by atoms with Crippen LogP contribution in [-0.2, 0) is 0 Å². The molecule has 0 radical (unpaired) electrons. The molecule has 8 heteroatoms. The van der Waals surface area contributed by atoms with E-state index in [1.165, 1.54) is 6.07 Å². The number of nitrogens with zero attached hydrogens (tertiary/aromatic N) is 1. The third-order valence-electron chi connectivity index (χ3n) is 3.88. The maximum absolute atomic E-state index is 13.2. The van der Waals surface area contributed by atoms with Crippen molar-refractivity contribution in [2.75, 3.05) is 13.1 Å². The molecule has 0 aromatic heterocycles. The van der Waals surface area contributed by atoms with E-state index >= 15 is 0 Å². The number of hydrogen-bond acceptors (Lipinski definition) is 3. The fraction of sp³-hybridized carbons (Fsp3) is 0.533. The minimum atomic E-state index is -3.12. The number of nitrogens with two attached hydrogens (primary N) is 1. The van der Waals surface area contributed by atoms with Gasteiger partial charge in [-0.15, -0.1) is 12.4 Å². The number of rotatable bonds is 4. The Bertz CT molecular complexity index is 543. The first kappa shape index (κ1) is 19.6. The number of carbonyl (C=O) groups excluding carboxylic acids is 1. The highest BCUT2D eigenvalue weighted by Crippen LogP contribution is 2.26. The van der Waals surface area contributed by atoms with Gasteiger partial charge in [0.2, 0.25) is 0 Å². The van der Waals surface area contributed by atoms with Gasteiger partial charge in [0, 0.05) is 25.2 Å². The zero-order valence-corrected chi connectivity index (χ0v) is 13.5. The van der Waals surface area contributed by atoms with Crippen LogP contribution in [0.3, 0.4) is 0 Å². The first-order chi connectivity index (χ1) is 10.4. The molecule has 1 aliphatic rings. The lowest BCUT2D eigenvalue weighted by Gasteiger charge is -2.34. The molecule has 4 nitrogen and oxygen atoms in total. The van der Waals surface area contributed by atoms with Gasteiger partial charge in [0.05, 0.1) is 5.56 Å². The van der Waals surface area contributed by atoms with Crippen LogP contribution in [-0.4, -0.2) is 36.5 Å². The fourth-order valence-corrected chi connectivity index (χ4v) is 2.66. The van der Waals surface area contributed by atoms with Crippen molar-refractivity contribution in [1.82, 2.24) is 4.90 Å². The van der Waals surface area contributed by atoms with E-state index in [9.17, 15) is 18.0 Å². The molecule has 1 amide bonds. The van der Waals surface area contributed by atoms with E-state index in [0.717, 1.165) is 25.0 Å². The van der Waals surface area contributed by atoms with Crippen LogP contribution < -0.4 is 10.5 Å². The van der Waals surface area contributed by atoms with Crippen molar-refractivity contribution in [2.45, 2.75) is 32.4 Å². The molecule has 2 unspecified atom stereocenters. The summed E-state index contributed by atoms with van der Waals surface area (Å²) in [7, 11) is 0. The van der Waals surface area contributed by atoms with Crippen molar-refractivity contribution in [3.05, 3.63) is 29.6 Å². The van der Waals surface area contributed by atoms with Crippen molar-refractivity contribution in [3.8, 4) is 5.75 Å². The van der Waals surface area contributed by atoms with E-state index in [4.69, 9.17) is 5.73 Å². The Labute approximate surface area is 139 Å². The van der Waals surface area contributed by atoms with Gasteiger partial charge in [0.1, 0.15) is 11.6 Å². The molecule has 130 valence electrons. The summed E-state index contributed by atoms with van der Waals surface area (Å²) in [6.07, 6.45) is 1.72. The lowest BCUT2D eigenvalue weighted by Crippen LogP contribution is -2.45. The molecule has 0 aliphatic carbocycles. The Balaban J connectivity index is 0.00000264. The third kappa shape index (κ3) is 5.00. The number of piperidine rings is 1. The second-order valence-corrected chi connectivity index (χ2v) is 5.53. The normalized spacial score (nSPS) is 19.2. The molecule has 1 fully saturated rings. The molecule has 1 heterocycles. The minimum absolute atomic E-state index is 0. The number of benzene rings is 1. The zero-order chi connectivity index (χ0) is 16.3. The Morgan fingerprint density at radius 1 is 1.43 bits per heavy atom. The quantitative estimate of drug-likeness (QED) is 0.906. The molecule has 0 saturated carbocycles. The van der Waals surface area contributed by atoms with E-state index in [1.54, 1.807) is 4.90 Å². The summed E-state index contributed by atoms with van der Waals surface area (Å²) in [4.78, 5) is 14.1. The summed E-state index contributed by atoms with van der Waals surface area (Å²) in [6.45, 7) is -0.260. The molecule has 1 aromatic rings. The number of alkyl halides is 2. The van der Waals surface area contributed by atoms with Gasteiger partial charge in [-0.1, -0.05) is 0 Å². The first-order valence-corrected chi connectivity index (χ1v) is 7.17. The van der Waals surface area contributed by atoms with Crippen molar-refractivity contribution < 1.29 is 22.7 Å². The van der Waals surface area contributed by atoms with Gasteiger partial charge >= 0.3 is 6.61 Å². The predicted molar refractivity (Wildman–Crippen MR) is 82.6 cm³/mol. The van der Waals surface area contributed by atoms with Gasteiger partial charge in [0.25, 0.3) is 5.91 Å². The topological polar surface area (TPSA) is 55.6 Å². The zero-order valence-electron chi connectivity index (χ0n) is 12.7. The molecule has 1 saturated heterocycles. The van der Waals surface area contributed by atoms with Crippen molar-refractivity contribution in [1.29, 1.82) is 0 Å².